The number of aliphatic carboxylic acids is 1. The summed E-state index contributed by atoms with van der Waals surface area (Å²) in [5.74, 6) is -17.1. The van der Waals surface area contributed by atoms with Crippen LogP contribution in [0.1, 0.15) is 169 Å². The Balaban J connectivity index is 1.17. The molecule has 24 N–H and O–H groups in total. The van der Waals surface area contributed by atoms with E-state index >= 15 is 24.0 Å². The maximum absolute atomic E-state index is 16.3. The Bertz CT molecular complexity index is 4650. The smallest absolute Gasteiger partial charge is 0.339 e. The predicted molar refractivity (Wildman–Crippen MR) is 432 cm³/mol. The summed E-state index contributed by atoms with van der Waals surface area (Å²) < 4.78 is 51.4. The van der Waals surface area contributed by atoms with E-state index < -0.39 is 269 Å². The van der Waals surface area contributed by atoms with Crippen LogP contribution < -0.4 is 73.1 Å². The average molecular weight is 1760 g/mol. The standard InChI is InChI=1S/C80H106Cl2N11O27P/c1-7-8-9-10-11-12-13-14-21-85-22-23-87-80(5)32-57(115-37(4)71(80)103)119-70-68(102)67(101)55(34-94)118-79(70)120-69-53-28-41-29-54(69)117-52-20-17-40(27-46(52)82)65(99)63-77(109)91-61(78(110)111)43-30-50(96)44(33-86-35-121(112,113)114)66(100)58(43)42-25-38(15-18-49(42)95)59(74(106)93-63)90-75(107)60(41)89-73(105)48(31-56(83)97)88-76(108)62(92-72(104)47(84-6)24-36(2)3)64(98)39-16-19-51(116-53)45(81)26-39/h15-20,25-30,36-37,47-48,55,57,59-65,67-68,70-71,79,84-87,94-96,98-103H,7-14,21-24,31-35H2,1-6H3,(H2,83,97)(H,88,108)(H,89,105)(H,90,107)(H,91,109)(H,92,104)(H,93,106)(H,110,111)(H2,112,113,114)/t37-,47?,48?,55+,57-,59?,60?,61?,62?,63?,64?,65?,67+,68-,70+,71+,79-,80-/m0/s1. The van der Waals surface area contributed by atoms with Gasteiger partial charge in [0.25, 0.3) is 0 Å². The number of phenols is 3. The van der Waals surface area contributed by atoms with Gasteiger partial charge in [0.15, 0.2) is 29.9 Å². The molecule has 5 aromatic carbocycles. The number of primary amides is 1. The lowest BCUT2D eigenvalue weighted by Crippen LogP contribution is -2.65. The fraction of sp³-hybridized carbons (Fsp3) is 0.525. The fourth-order valence-electron chi connectivity index (χ4n) is 15.2. The average Bonchev–Trinajstić information content (AvgIpc) is 0.839. The number of rotatable bonds is 30. The molecule has 0 spiro atoms. The van der Waals surface area contributed by atoms with Crippen LogP contribution in [-0.4, -0.2) is 227 Å². The maximum atomic E-state index is 16.3. The lowest BCUT2D eigenvalue weighted by Gasteiger charge is -2.48. The Kier molecular flexibility index (Phi) is 32.2. The number of benzene rings is 5. The van der Waals surface area contributed by atoms with Crippen LogP contribution in [0.3, 0.4) is 0 Å². The number of halogens is 2. The van der Waals surface area contributed by atoms with Crippen LogP contribution in [0.5, 0.6) is 46.0 Å². The highest BCUT2D eigenvalue weighted by Gasteiger charge is 2.52. The molecular formula is C80H106Cl2N11O27P. The molecule has 18 atom stereocenters. The number of nitrogens with two attached hydrogens (primary N) is 1. The van der Waals surface area contributed by atoms with Gasteiger partial charge in [0, 0.05) is 48.3 Å². The van der Waals surface area contributed by atoms with Crippen molar-refractivity contribution in [2.75, 3.05) is 39.6 Å². The van der Waals surface area contributed by atoms with E-state index in [1.807, 2.05) is 13.8 Å². The number of aliphatic hydroxyl groups is 6. The molecule has 7 heterocycles. The third kappa shape index (κ3) is 23.0. The third-order valence-corrected chi connectivity index (χ3v) is 22.9. The number of carbonyl (C=O) groups excluding carboxylic acids is 7. The molecule has 38 nitrogen and oxygen atoms in total. The first kappa shape index (κ1) is 94.1. The quantitative estimate of drug-likeness (QED) is 0.0232. The van der Waals surface area contributed by atoms with Gasteiger partial charge in [-0.3, -0.25) is 38.1 Å². The van der Waals surface area contributed by atoms with Gasteiger partial charge in [-0.15, -0.1) is 0 Å². The van der Waals surface area contributed by atoms with Crippen LogP contribution >= 0.6 is 30.8 Å². The lowest BCUT2D eigenvalue weighted by atomic mass is 9.85. The second-order valence-corrected chi connectivity index (χ2v) is 33.7. The molecule has 662 valence electrons. The van der Waals surface area contributed by atoms with Gasteiger partial charge in [-0.1, -0.05) is 107 Å². The number of aromatic hydroxyl groups is 3. The van der Waals surface area contributed by atoms with E-state index in [4.69, 9.17) is 57.4 Å². The molecule has 12 rings (SSSR count). The third-order valence-electron chi connectivity index (χ3n) is 21.7. The monoisotopic (exact) mass is 1750 g/mol. The first-order valence-corrected chi connectivity index (χ1v) is 42.3. The number of likely N-dealkylation sites (N-methyl/N-ethyl adjacent to an activating group) is 1. The number of phenolic OH excluding ortho intramolecular Hbond substituents is 3. The number of ether oxygens (including phenoxy) is 6. The zero-order chi connectivity index (χ0) is 88.2. The molecule has 0 aromatic heterocycles. The van der Waals surface area contributed by atoms with Crippen molar-refractivity contribution in [2.45, 2.75) is 221 Å². The second-order valence-electron chi connectivity index (χ2n) is 31.3. The van der Waals surface area contributed by atoms with E-state index in [1.54, 1.807) is 13.8 Å². The predicted octanol–water partition coefficient (Wildman–Crippen LogP) is 2.69. The number of hydrogen-bond acceptors (Lipinski definition) is 28. The van der Waals surface area contributed by atoms with Gasteiger partial charge < -0.3 is 148 Å². The van der Waals surface area contributed by atoms with Crippen molar-refractivity contribution >= 4 is 78.1 Å². The largest absolute Gasteiger partial charge is 0.507 e. The summed E-state index contributed by atoms with van der Waals surface area (Å²) in [6, 6.07) is -2.39. The molecule has 41 heteroatoms. The SMILES string of the molecule is CCCCCCCCCCNCCN[C@@]1(C)C[C@H](O[C@H]2[C@H](Oc3c4cc5cc3Oc3ccc(cc3Cl)C(O)C3NC(=O)C(NC(=O)C5NC(=O)C(CC(N)=O)NC(=O)C(NC(=O)C(CC(C)C)NC)C(O)c5ccc(c(Cl)c5)O4)c4ccc(O)c(c4)-c4c(cc(O)c(CNCP(=O)(O)O)c4O)C(C(=O)O)NC3=O)O[C@H](CO)[C@@H](O)[C@@H]2O)O[C@@H](C)[C@H]1O. The number of hydrogen-bond donors (Lipinski definition) is 23. The minimum Gasteiger partial charge on any atom is -0.507 e. The van der Waals surface area contributed by atoms with Crippen molar-refractivity contribution in [1.82, 2.24) is 53.2 Å². The van der Waals surface area contributed by atoms with E-state index in [1.165, 1.54) is 51.3 Å². The van der Waals surface area contributed by atoms with Gasteiger partial charge in [-0.05, 0) is 123 Å². The summed E-state index contributed by atoms with van der Waals surface area (Å²) >= 11 is 14.3. The highest BCUT2D eigenvalue weighted by Crippen LogP contribution is 2.51. The van der Waals surface area contributed by atoms with E-state index in [2.05, 4.69) is 60.1 Å². The van der Waals surface area contributed by atoms with Crippen LogP contribution in [0, 0.1) is 5.92 Å². The topological polar surface area (TPSA) is 598 Å². The zero-order valence-electron chi connectivity index (χ0n) is 67.1. The summed E-state index contributed by atoms with van der Waals surface area (Å²) in [5.41, 5.74) is 0.545. The molecule has 7 amide bonds. The summed E-state index contributed by atoms with van der Waals surface area (Å²) in [4.78, 5) is 138. The second kappa shape index (κ2) is 41.4. The van der Waals surface area contributed by atoms with Crippen molar-refractivity contribution in [2.24, 2.45) is 11.7 Å². The molecule has 7 aliphatic rings. The van der Waals surface area contributed by atoms with Crippen molar-refractivity contribution in [1.29, 1.82) is 0 Å². The number of aliphatic hydroxyl groups excluding tert-OH is 6. The summed E-state index contributed by atoms with van der Waals surface area (Å²) in [7, 11) is -3.38. The van der Waals surface area contributed by atoms with Crippen molar-refractivity contribution in [3.8, 4) is 57.1 Å². The Morgan fingerprint density at radius 1 is 0.694 bits per heavy atom. The van der Waals surface area contributed by atoms with Crippen LogP contribution in [0.15, 0.2) is 72.8 Å². The van der Waals surface area contributed by atoms with Gasteiger partial charge in [-0.25, -0.2) is 4.79 Å². The van der Waals surface area contributed by atoms with Gasteiger partial charge in [0.2, 0.25) is 53.4 Å². The normalized spacial score (nSPS) is 26.7. The van der Waals surface area contributed by atoms with Gasteiger partial charge in [-0.2, -0.15) is 0 Å². The van der Waals surface area contributed by atoms with Crippen molar-refractivity contribution in [3.05, 3.63) is 116 Å². The summed E-state index contributed by atoms with van der Waals surface area (Å²) in [6.07, 6.45) is -10.6. The molecule has 7 aliphatic heterocycles. The van der Waals surface area contributed by atoms with E-state index in [-0.39, 0.29) is 40.7 Å². The van der Waals surface area contributed by atoms with Crippen molar-refractivity contribution < 1.29 is 132 Å². The molecule has 2 fully saturated rings. The van der Waals surface area contributed by atoms with E-state index in [0.717, 1.165) is 86.5 Å². The molecule has 2 saturated heterocycles. The maximum Gasteiger partial charge on any atom is 0.339 e. The lowest BCUT2D eigenvalue weighted by molar-refractivity contribution is -0.334. The van der Waals surface area contributed by atoms with E-state index in [0.29, 0.717) is 13.1 Å². The van der Waals surface area contributed by atoms with Gasteiger partial charge in [0.1, 0.15) is 89.5 Å². The highest BCUT2D eigenvalue weighted by atomic mass is 35.5. The van der Waals surface area contributed by atoms with Gasteiger partial charge in [0.05, 0.1) is 53.2 Å². The van der Waals surface area contributed by atoms with Crippen LogP contribution in [0.4, 0.5) is 0 Å². The molecule has 0 saturated carbocycles. The number of fused-ring (bicyclic) bond motifs is 15. The number of carbonyl (C=O) groups is 8. The molecule has 9 unspecified atom stereocenters. The number of unbranched alkanes of at least 4 members (excludes halogenated alkanes) is 7. The molecule has 0 aliphatic carbocycles. The zero-order valence-corrected chi connectivity index (χ0v) is 69.5. The number of carboxylic acids is 1. The minimum absolute atomic E-state index is 0.123. The van der Waals surface area contributed by atoms with E-state index in [9.17, 15) is 79.8 Å². The van der Waals surface area contributed by atoms with Crippen molar-refractivity contribution in [3.63, 3.8) is 0 Å². The summed E-state index contributed by atoms with van der Waals surface area (Å²) in [5, 5.41) is 144. The van der Waals surface area contributed by atoms with Gasteiger partial charge >= 0.3 is 13.6 Å². The Morgan fingerprint density at radius 2 is 1.31 bits per heavy atom. The number of carboxylic acid groups (broad SMARTS) is 1. The Morgan fingerprint density at radius 3 is 1.91 bits per heavy atom. The highest BCUT2D eigenvalue weighted by molar-refractivity contribution is 7.51. The molecule has 121 heavy (non-hydrogen) atoms. The first-order chi connectivity index (χ1) is 57.3. The molecule has 5 aromatic rings. The minimum atomic E-state index is -4.85. The van der Waals surface area contributed by atoms with Crippen LogP contribution in [0.25, 0.3) is 11.1 Å². The molecule has 0 radical (unpaired) electrons. The molecular weight excluding hydrogens is 1650 g/mol. The Hall–Kier alpha value is -9.13. The summed E-state index contributed by atoms with van der Waals surface area (Å²) in [6.45, 7) is 8.98. The number of amides is 7. The first-order valence-electron chi connectivity index (χ1n) is 39.7. The van der Waals surface area contributed by atoms with Crippen LogP contribution in [0.2, 0.25) is 10.0 Å². The molecule has 11 bridgehead atoms. The fourth-order valence-corrected chi connectivity index (χ4v) is 16.0. The Labute approximate surface area is 705 Å². The van der Waals surface area contributed by atoms with Crippen LogP contribution in [-0.2, 0) is 63.7 Å². The number of nitrogens with one attached hydrogen (secondary N) is 10.